The SMILES string of the molecule is CC1=C(CCC(=O)NCCCN2CCN(CCCNC(=O)CCC3=C(C)C(=O)c4ccccc4C3=O)CC2)C(=O)c2ccccc2C1=O. The highest BCUT2D eigenvalue weighted by atomic mass is 16.2. The van der Waals surface area contributed by atoms with Crippen molar-refractivity contribution >= 4 is 34.9 Å². The number of allylic oxidation sites excluding steroid dienone is 4. The molecule has 0 atom stereocenters. The highest BCUT2D eigenvalue weighted by Crippen LogP contribution is 2.29. The Bertz CT molecular complexity index is 1560. The first-order valence-electron chi connectivity index (χ1n) is 16.9. The summed E-state index contributed by atoms with van der Waals surface area (Å²) in [6.07, 6.45) is 2.48. The van der Waals surface area contributed by atoms with Crippen LogP contribution in [0.5, 0.6) is 0 Å². The predicted octanol–water partition coefficient (Wildman–Crippen LogP) is 3.97. The summed E-state index contributed by atoms with van der Waals surface area (Å²) in [5.74, 6) is -0.865. The number of carbonyl (C=O) groups is 6. The van der Waals surface area contributed by atoms with Crippen LogP contribution in [0.15, 0.2) is 70.8 Å². The van der Waals surface area contributed by atoms with Crippen molar-refractivity contribution in [1.29, 1.82) is 0 Å². The largest absolute Gasteiger partial charge is 0.356 e. The Morgan fingerprint density at radius 1 is 0.562 bits per heavy atom. The minimum atomic E-state index is -0.164. The maximum absolute atomic E-state index is 12.9. The minimum absolute atomic E-state index is 0.123. The molecule has 0 bridgehead atoms. The van der Waals surface area contributed by atoms with Crippen molar-refractivity contribution in [1.82, 2.24) is 20.4 Å². The van der Waals surface area contributed by atoms with Crippen molar-refractivity contribution in [2.75, 3.05) is 52.4 Å². The van der Waals surface area contributed by atoms with Crippen molar-refractivity contribution in [3.05, 3.63) is 93.1 Å². The monoisotopic (exact) mass is 652 g/mol. The molecule has 2 amide bonds. The van der Waals surface area contributed by atoms with Crippen molar-refractivity contribution in [3.63, 3.8) is 0 Å². The molecule has 10 nitrogen and oxygen atoms in total. The maximum Gasteiger partial charge on any atom is 0.220 e. The smallest absolute Gasteiger partial charge is 0.220 e. The Morgan fingerprint density at radius 2 is 0.896 bits per heavy atom. The molecule has 2 aromatic rings. The van der Waals surface area contributed by atoms with Crippen LogP contribution in [-0.2, 0) is 9.59 Å². The van der Waals surface area contributed by atoms with Gasteiger partial charge in [-0.1, -0.05) is 48.5 Å². The van der Waals surface area contributed by atoms with Gasteiger partial charge in [0.25, 0.3) is 0 Å². The molecule has 0 radical (unpaired) electrons. The molecule has 1 fully saturated rings. The Balaban J connectivity index is 0.909. The predicted molar refractivity (Wildman–Crippen MR) is 182 cm³/mol. The molecule has 0 unspecified atom stereocenters. The van der Waals surface area contributed by atoms with Gasteiger partial charge in [-0.3, -0.25) is 28.8 Å². The van der Waals surface area contributed by atoms with Crippen LogP contribution < -0.4 is 10.6 Å². The number of benzene rings is 2. The quantitative estimate of drug-likeness (QED) is 0.293. The zero-order valence-electron chi connectivity index (χ0n) is 27.9. The molecule has 0 spiro atoms. The molecule has 1 saturated heterocycles. The van der Waals surface area contributed by atoms with E-state index in [2.05, 4.69) is 20.4 Å². The first-order valence-corrected chi connectivity index (χ1v) is 16.9. The molecule has 0 saturated carbocycles. The van der Waals surface area contributed by atoms with Crippen LogP contribution in [0, 0.1) is 0 Å². The third-order valence-electron chi connectivity index (χ3n) is 9.58. The molecule has 10 heteroatoms. The third-order valence-corrected chi connectivity index (χ3v) is 9.58. The molecular formula is C38H44N4O6. The number of hydrogen-bond acceptors (Lipinski definition) is 8. The van der Waals surface area contributed by atoms with Gasteiger partial charge in [0.2, 0.25) is 11.8 Å². The van der Waals surface area contributed by atoms with Gasteiger partial charge >= 0.3 is 0 Å². The number of nitrogens with one attached hydrogen (secondary N) is 2. The van der Waals surface area contributed by atoms with E-state index in [1.54, 1.807) is 62.4 Å². The Morgan fingerprint density at radius 3 is 1.25 bits per heavy atom. The molecule has 2 N–H and O–H groups in total. The van der Waals surface area contributed by atoms with E-state index in [-0.39, 0.29) is 60.6 Å². The van der Waals surface area contributed by atoms with Gasteiger partial charge in [0, 0.05) is 96.7 Å². The van der Waals surface area contributed by atoms with E-state index in [4.69, 9.17) is 0 Å². The van der Waals surface area contributed by atoms with Gasteiger partial charge in [-0.25, -0.2) is 0 Å². The lowest BCUT2D eigenvalue weighted by molar-refractivity contribution is -0.121. The number of nitrogens with zero attached hydrogens (tertiary/aromatic N) is 2. The summed E-state index contributed by atoms with van der Waals surface area (Å²) in [6, 6.07) is 13.6. The maximum atomic E-state index is 12.9. The van der Waals surface area contributed by atoms with Crippen molar-refractivity contribution in [3.8, 4) is 0 Å². The standard InChI is InChI=1S/C38H44N4O6/c1-25-27(37(47)31-11-5-3-9-29(31)35(25)45)13-15-33(43)39-17-7-19-41-21-23-42(24-22-41)20-8-18-40-34(44)16-14-28-26(2)36(46)30-10-4-6-12-32(30)38(28)48/h3-6,9-12H,7-8,13-24H2,1-2H3,(H,39,43)(H,40,44). The van der Waals surface area contributed by atoms with Gasteiger partial charge in [-0.2, -0.15) is 0 Å². The lowest BCUT2D eigenvalue weighted by atomic mass is 9.83. The average molecular weight is 653 g/mol. The van der Waals surface area contributed by atoms with E-state index >= 15 is 0 Å². The number of carbonyl (C=O) groups excluding carboxylic acids is 6. The zero-order chi connectivity index (χ0) is 34.2. The average Bonchev–Trinajstić information content (AvgIpc) is 3.10. The fraction of sp³-hybridized carbons (Fsp3) is 0.421. The van der Waals surface area contributed by atoms with Crippen LogP contribution in [0.1, 0.15) is 93.8 Å². The first-order chi connectivity index (χ1) is 23.2. The number of amides is 2. The summed E-state index contributed by atoms with van der Waals surface area (Å²) < 4.78 is 0. The second kappa shape index (κ2) is 16.0. The minimum Gasteiger partial charge on any atom is -0.356 e. The van der Waals surface area contributed by atoms with Gasteiger partial charge in [0.05, 0.1) is 0 Å². The van der Waals surface area contributed by atoms with E-state index in [9.17, 15) is 28.8 Å². The fourth-order valence-electron chi connectivity index (χ4n) is 6.66. The number of hydrogen-bond donors (Lipinski definition) is 2. The highest BCUT2D eigenvalue weighted by Gasteiger charge is 2.30. The second-order valence-corrected chi connectivity index (χ2v) is 12.7. The molecule has 1 heterocycles. The van der Waals surface area contributed by atoms with Crippen molar-refractivity contribution in [2.45, 2.75) is 52.4 Å². The Labute approximate surface area is 281 Å². The van der Waals surface area contributed by atoms with Crippen LogP contribution in [0.25, 0.3) is 0 Å². The van der Waals surface area contributed by atoms with Crippen LogP contribution in [0.4, 0.5) is 0 Å². The van der Waals surface area contributed by atoms with Gasteiger partial charge in [0.1, 0.15) is 0 Å². The summed E-state index contributed by atoms with van der Waals surface area (Å²) >= 11 is 0. The number of fused-ring (bicyclic) bond motifs is 2. The summed E-state index contributed by atoms with van der Waals surface area (Å²) in [5, 5.41) is 5.90. The van der Waals surface area contributed by atoms with Gasteiger partial charge in [0.15, 0.2) is 23.1 Å². The Hall–Kier alpha value is -4.54. The number of ketones is 4. The molecule has 2 aliphatic carbocycles. The molecule has 5 rings (SSSR count). The molecule has 252 valence electrons. The summed E-state index contributed by atoms with van der Waals surface area (Å²) in [4.78, 5) is 80.8. The molecule has 48 heavy (non-hydrogen) atoms. The molecule has 3 aliphatic rings. The van der Waals surface area contributed by atoms with Gasteiger partial charge in [-0.05, 0) is 52.6 Å². The third kappa shape index (κ3) is 8.11. The van der Waals surface area contributed by atoms with Gasteiger partial charge < -0.3 is 20.4 Å². The normalized spacial score (nSPS) is 17.0. The van der Waals surface area contributed by atoms with E-state index in [0.717, 1.165) is 52.1 Å². The summed E-state index contributed by atoms with van der Waals surface area (Å²) in [6.45, 7) is 9.96. The van der Waals surface area contributed by atoms with E-state index in [1.807, 2.05) is 0 Å². The molecule has 2 aromatic carbocycles. The first kappa shape index (κ1) is 34.8. The fourth-order valence-corrected chi connectivity index (χ4v) is 6.66. The van der Waals surface area contributed by atoms with E-state index < -0.39 is 0 Å². The van der Waals surface area contributed by atoms with Crippen LogP contribution >= 0.6 is 0 Å². The highest BCUT2D eigenvalue weighted by molar-refractivity contribution is 6.27. The van der Waals surface area contributed by atoms with E-state index in [1.165, 1.54) is 0 Å². The number of Topliss-reactive ketones (excluding diaryl/α,β-unsaturated/α-hetero) is 4. The molecular weight excluding hydrogens is 608 g/mol. The lowest BCUT2D eigenvalue weighted by Gasteiger charge is -2.34. The van der Waals surface area contributed by atoms with Crippen molar-refractivity contribution in [2.24, 2.45) is 0 Å². The lowest BCUT2D eigenvalue weighted by Crippen LogP contribution is -2.47. The van der Waals surface area contributed by atoms with Gasteiger partial charge in [-0.15, -0.1) is 0 Å². The topological polar surface area (TPSA) is 133 Å². The second-order valence-electron chi connectivity index (χ2n) is 12.7. The van der Waals surface area contributed by atoms with Crippen LogP contribution in [0.2, 0.25) is 0 Å². The Kier molecular flexibility index (Phi) is 11.6. The molecule has 1 aliphatic heterocycles. The summed E-state index contributed by atoms with van der Waals surface area (Å²) in [5.41, 5.74) is 3.41. The van der Waals surface area contributed by atoms with Crippen LogP contribution in [0.3, 0.4) is 0 Å². The van der Waals surface area contributed by atoms with Crippen molar-refractivity contribution < 1.29 is 28.8 Å². The zero-order valence-corrected chi connectivity index (χ0v) is 27.9. The number of rotatable bonds is 14. The summed E-state index contributed by atoms with van der Waals surface area (Å²) in [7, 11) is 0. The number of piperazine rings is 1. The molecule has 0 aromatic heterocycles. The van der Waals surface area contributed by atoms with E-state index in [0.29, 0.717) is 57.6 Å². The van der Waals surface area contributed by atoms with Crippen LogP contribution in [-0.4, -0.2) is 97.1 Å².